The number of likely N-dealkylation sites (N-methyl/N-ethyl adjacent to an activating group) is 1. The maximum atomic E-state index is 12.5. The van der Waals surface area contributed by atoms with Crippen LogP contribution >= 0.6 is 11.6 Å². The van der Waals surface area contributed by atoms with E-state index in [1.807, 2.05) is 0 Å². The molecular weight excluding hydrogens is 300 g/mol. The van der Waals surface area contributed by atoms with Crippen LogP contribution in [-0.4, -0.2) is 46.0 Å². The van der Waals surface area contributed by atoms with Crippen LogP contribution in [0.5, 0.6) is 5.75 Å². The molecule has 1 fully saturated rings. The molecular formula is C13H19ClN2O3S. The molecule has 1 atom stereocenters. The molecule has 0 amide bonds. The third-order valence-electron chi connectivity index (χ3n) is 3.47. The van der Waals surface area contributed by atoms with Gasteiger partial charge in [0, 0.05) is 19.6 Å². The lowest BCUT2D eigenvalue weighted by molar-refractivity contribution is 0.412. The van der Waals surface area contributed by atoms with Gasteiger partial charge >= 0.3 is 0 Å². The normalized spacial score (nSPS) is 19.5. The second kappa shape index (κ2) is 6.30. The molecule has 1 aliphatic rings. The standard InChI is InChI=1S/C13H19ClN2O3S/c1-16(9-10-4-3-7-15-10)20(17,18)11-5-6-13(19-2)12(14)8-11/h5-6,8,10,15H,3-4,7,9H2,1-2H3. The Balaban J connectivity index is 2.18. The largest absolute Gasteiger partial charge is 0.495 e. The first kappa shape index (κ1) is 15.6. The fourth-order valence-electron chi connectivity index (χ4n) is 2.31. The first-order valence-corrected chi connectivity index (χ1v) is 8.30. The van der Waals surface area contributed by atoms with Crippen LogP contribution in [0.25, 0.3) is 0 Å². The topological polar surface area (TPSA) is 58.6 Å². The number of rotatable bonds is 5. The Kier molecular flexibility index (Phi) is 4.90. The molecule has 0 saturated carbocycles. The van der Waals surface area contributed by atoms with Gasteiger partial charge in [0.2, 0.25) is 10.0 Å². The summed E-state index contributed by atoms with van der Waals surface area (Å²) in [6, 6.07) is 4.73. The van der Waals surface area contributed by atoms with Gasteiger partial charge in [-0.3, -0.25) is 0 Å². The lowest BCUT2D eigenvalue weighted by atomic mass is 10.2. The maximum absolute atomic E-state index is 12.5. The van der Waals surface area contributed by atoms with Gasteiger partial charge in [-0.15, -0.1) is 0 Å². The van der Waals surface area contributed by atoms with Gasteiger partial charge in [-0.25, -0.2) is 8.42 Å². The number of benzene rings is 1. The zero-order chi connectivity index (χ0) is 14.8. The van der Waals surface area contributed by atoms with Crippen molar-refractivity contribution in [3.8, 4) is 5.75 Å². The van der Waals surface area contributed by atoms with Crippen LogP contribution in [0.15, 0.2) is 23.1 Å². The van der Waals surface area contributed by atoms with Gasteiger partial charge in [-0.1, -0.05) is 11.6 Å². The average molecular weight is 319 g/mol. The van der Waals surface area contributed by atoms with Crippen LogP contribution in [0.3, 0.4) is 0 Å². The molecule has 1 aromatic carbocycles. The Labute approximate surface area is 124 Å². The molecule has 20 heavy (non-hydrogen) atoms. The fraction of sp³-hybridized carbons (Fsp3) is 0.538. The molecule has 0 aliphatic carbocycles. The van der Waals surface area contributed by atoms with E-state index in [9.17, 15) is 8.42 Å². The van der Waals surface area contributed by atoms with Gasteiger partial charge in [0.1, 0.15) is 5.75 Å². The van der Waals surface area contributed by atoms with Gasteiger partial charge in [0.15, 0.2) is 0 Å². The zero-order valence-electron chi connectivity index (χ0n) is 11.6. The molecule has 1 N–H and O–H groups in total. The molecule has 7 heteroatoms. The molecule has 0 spiro atoms. The highest BCUT2D eigenvalue weighted by molar-refractivity contribution is 7.89. The van der Waals surface area contributed by atoms with E-state index in [1.165, 1.54) is 23.5 Å². The summed E-state index contributed by atoms with van der Waals surface area (Å²) in [6.45, 7) is 1.42. The Hall–Kier alpha value is -0.820. The molecule has 2 rings (SSSR count). The lowest BCUT2D eigenvalue weighted by Gasteiger charge is -2.21. The van der Waals surface area contributed by atoms with Crippen LogP contribution in [0.2, 0.25) is 5.02 Å². The number of hydrogen-bond acceptors (Lipinski definition) is 4. The molecule has 0 aromatic heterocycles. The van der Waals surface area contributed by atoms with Gasteiger partial charge in [-0.05, 0) is 37.6 Å². The number of halogens is 1. The maximum Gasteiger partial charge on any atom is 0.242 e. The van der Waals surface area contributed by atoms with Crippen molar-refractivity contribution in [1.82, 2.24) is 9.62 Å². The number of nitrogens with one attached hydrogen (secondary N) is 1. The van der Waals surface area contributed by atoms with Crippen LogP contribution in [-0.2, 0) is 10.0 Å². The Morgan fingerprint density at radius 2 is 2.25 bits per heavy atom. The van der Waals surface area contributed by atoms with Crippen molar-refractivity contribution in [3.63, 3.8) is 0 Å². The third-order valence-corrected chi connectivity index (χ3v) is 5.59. The highest BCUT2D eigenvalue weighted by atomic mass is 35.5. The Bertz CT molecular complexity index is 571. The highest BCUT2D eigenvalue weighted by Crippen LogP contribution is 2.28. The predicted molar refractivity (Wildman–Crippen MR) is 78.8 cm³/mol. The second-order valence-corrected chi connectivity index (χ2v) is 7.33. The van der Waals surface area contributed by atoms with Crippen LogP contribution in [0.1, 0.15) is 12.8 Å². The third kappa shape index (κ3) is 3.25. The van der Waals surface area contributed by atoms with Gasteiger partial charge < -0.3 is 10.1 Å². The predicted octanol–water partition coefficient (Wildman–Crippen LogP) is 1.72. The van der Waals surface area contributed by atoms with Crippen LogP contribution < -0.4 is 10.1 Å². The van der Waals surface area contributed by atoms with Gasteiger partial charge in [0.05, 0.1) is 17.0 Å². The number of methoxy groups -OCH3 is 1. The van der Waals surface area contributed by atoms with Crippen molar-refractivity contribution in [2.24, 2.45) is 0 Å². The van der Waals surface area contributed by atoms with Crippen molar-refractivity contribution in [2.45, 2.75) is 23.8 Å². The molecule has 1 saturated heterocycles. The SMILES string of the molecule is COc1ccc(S(=O)(=O)N(C)CC2CCCN2)cc1Cl. The average Bonchev–Trinajstić information content (AvgIpc) is 2.91. The minimum Gasteiger partial charge on any atom is -0.495 e. The summed E-state index contributed by atoms with van der Waals surface area (Å²) in [5, 5.41) is 3.58. The summed E-state index contributed by atoms with van der Waals surface area (Å²) >= 11 is 5.99. The summed E-state index contributed by atoms with van der Waals surface area (Å²) in [7, 11) is -0.437. The monoisotopic (exact) mass is 318 g/mol. The summed E-state index contributed by atoms with van der Waals surface area (Å²) in [6.07, 6.45) is 2.09. The number of sulfonamides is 1. The lowest BCUT2D eigenvalue weighted by Crippen LogP contribution is -2.38. The highest BCUT2D eigenvalue weighted by Gasteiger charge is 2.25. The van der Waals surface area contributed by atoms with E-state index in [1.54, 1.807) is 13.1 Å². The van der Waals surface area contributed by atoms with Crippen LogP contribution in [0, 0.1) is 0 Å². The molecule has 1 unspecified atom stereocenters. The minimum absolute atomic E-state index is 0.184. The van der Waals surface area contributed by atoms with Crippen molar-refractivity contribution in [2.75, 3.05) is 27.2 Å². The van der Waals surface area contributed by atoms with E-state index in [4.69, 9.17) is 16.3 Å². The molecule has 1 heterocycles. The Morgan fingerprint density at radius 3 is 2.80 bits per heavy atom. The fourth-order valence-corrected chi connectivity index (χ4v) is 3.87. The number of nitrogens with zero attached hydrogens (tertiary/aromatic N) is 1. The number of ether oxygens (including phenoxy) is 1. The van der Waals surface area contributed by atoms with Gasteiger partial charge in [0.25, 0.3) is 0 Å². The molecule has 112 valence electrons. The summed E-state index contributed by atoms with van der Waals surface area (Å²) in [5.74, 6) is 0.464. The second-order valence-electron chi connectivity index (χ2n) is 4.88. The molecule has 1 aromatic rings. The van der Waals surface area contributed by atoms with Crippen molar-refractivity contribution >= 4 is 21.6 Å². The summed E-state index contributed by atoms with van der Waals surface area (Å²) < 4.78 is 31.3. The smallest absolute Gasteiger partial charge is 0.242 e. The first-order chi connectivity index (χ1) is 9.45. The van der Waals surface area contributed by atoms with E-state index >= 15 is 0 Å². The molecule has 0 radical (unpaired) electrons. The summed E-state index contributed by atoms with van der Waals surface area (Å²) in [4.78, 5) is 0.184. The van der Waals surface area contributed by atoms with Crippen molar-refractivity contribution in [3.05, 3.63) is 23.2 Å². The van der Waals surface area contributed by atoms with Crippen molar-refractivity contribution in [1.29, 1.82) is 0 Å². The van der Waals surface area contributed by atoms with E-state index in [0.29, 0.717) is 17.3 Å². The van der Waals surface area contributed by atoms with E-state index in [0.717, 1.165) is 19.4 Å². The first-order valence-electron chi connectivity index (χ1n) is 6.48. The van der Waals surface area contributed by atoms with E-state index in [-0.39, 0.29) is 10.9 Å². The van der Waals surface area contributed by atoms with Crippen LogP contribution in [0.4, 0.5) is 0 Å². The molecule has 1 aliphatic heterocycles. The zero-order valence-corrected chi connectivity index (χ0v) is 13.2. The van der Waals surface area contributed by atoms with E-state index in [2.05, 4.69) is 5.32 Å². The minimum atomic E-state index is -3.52. The molecule has 0 bridgehead atoms. The Morgan fingerprint density at radius 1 is 1.50 bits per heavy atom. The van der Waals surface area contributed by atoms with E-state index < -0.39 is 10.0 Å². The number of hydrogen-bond donors (Lipinski definition) is 1. The molecule has 5 nitrogen and oxygen atoms in total. The van der Waals surface area contributed by atoms with Crippen molar-refractivity contribution < 1.29 is 13.2 Å². The quantitative estimate of drug-likeness (QED) is 0.898. The van der Waals surface area contributed by atoms with Gasteiger partial charge in [-0.2, -0.15) is 4.31 Å². The summed E-state index contributed by atoms with van der Waals surface area (Å²) in [5.41, 5.74) is 0.